The van der Waals surface area contributed by atoms with Crippen LogP contribution >= 0.6 is 0 Å². The summed E-state index contributed by atoms with van der Waals surface area (Å²) in [6.07, 6.45) is 7.09. The highest BCUT2D eigenvalue weighted by molar-refractivity contribution is 5.73. The lowest BCUT2D eigenvalue weighted by molar-refractivity contribution is 0.427. The molecular formula is C36H52. The van der Waals surface area contributed by atoms with Gasteiger partial charge < -0.3 is 0 Å². The van der Waals surface area contributed by atoms with Gasteiger partial charge in [0.25, 0.3) is 0 Å². The van der Waals surface area contributed by atoms with E-state index in [4.69, 9.17) is 0 Å². The first-order valence-corrected chi connectivity index (χ1v) is 13.4. The minimum absolute atomic E-state index is 0. The van der Waals surface area contributed by atoms with Crippen LogP contribution in [0.1, 0.15) is 90.1 Å². The van der Waals surface area contributed by atoms with E-state index in [0.29, 0.717) is 5.41 Å². The fourth-order valence-electron chi connectivity index (χ4n) is 4.37. The molecule has 0 bridgehead atoms. The van der Waals surface area contributed by atoms with E-state index in [1.165, 1.54) is 52.7 Å². The molecule has 3 aromatic rings. The highest BCUT2D eigenvalue weighted by Crippen LogP contribution is 2.35. The lowest BCUT2D eigenvalue weighted by atomic mass is 9.86. The summed E-state index contributed by atoms with van der Waals surface area (Å²) < 4.78 is 0. The second-order valence-corrected chi connectivity index (χ2v) is 12.0. The maximum absolute atomic E-state index is 2.38. The third-order valence-electron chi connectivity index (χ3n) is 5.90. The molecule has 1 aliphatic carbocycles. The van der Waals surface area contributed by atoms with Gasteiger partial charge in [0, 0.05) is 0 Å². The van der Waals surface area contributed by atoms with Crippen LogP contribution in [0.15, 0.2) is 84.9 Å². The Bertz CT molecular complexity index is 1010. The zero-order valence-corrected chi connectivity index (χ0v) is 23.6. The number of rotatable bonds is 5. The Morgan fingerprint density at radius 3 is 1.69 bits per heavy atom. The first-order chi connectivity index (χ1) is 16.5. The van der Waals surface area contributed by atoms with Crippen LogP contribution in [0, 0.1) is 24.2 Å². The molecule has 0 atom stereocenters. The van der Waals surface area contributed by atoms with Crippen LogP contribution in [-0.2, 0) is 19.3 Å². The summed E-state index contributed by atoms with van der Waals surface area (Å²) in [4.78, 5) is 0. The first-order valence-electron chi connectivity index (χ1n) is 13.4. The maximum Gasteiger partial charge on any atom is -0.00854 e. The molecule has 196 valence electrons. The van der Waals surface area contributed by atoms with Crippen molar-refractivity contribution >= 4 is 5.57 Å². The average Bonchev–Trinajstić information content (AvgIpc) is 3.18. The Balaban J connectivity index is 0.000000271. The van der Waals surface area contributed by atoms with Gasteiger partial charge in [-0.3, -0.25) is 0 Å². The summed E-state index contributed by atoms with van der Waals surface area (Å²) in [5, 5.41) is 0. The molecule has 36 heavy (non-hydrogen) atoms. The quantitative estimate of drug-likeness (QED) is 0.338. The minimum Gasteiger partial charge on any atom is -0.0776 e. The molecule has 0 aliphatic heterocycles. The van der Waals surface area contributed by atoms with Crippen molar-refractivity contribution < 1.29 is 0 Å². The Morgan fingerprint density at radius 2 is 1.17 bits per heavy atom. The van der Waals surface area contributed by atoms with Crippen LogP contribution in [0.2, 0.25) is 0 Å². The Morgan fingerprint density at radius 1 is 0.667 bits per heavy atom. The van der Waals surface area contributed by atoms with Crippen molar-refractivity contribution in [3.8, 4) is 0 Å². The molecule has 0 heteroatoms. The first kappa shape index (κ1) is 31.4. The van der Waals surface area contributed by atoms with Crippen LogP contribution in [0.25, 0.3) is 5.57 Å². The molecule has 0 nitrogen and oxygen atoms in total. The molecule has 0 spiro atoms. The second-order valence-electron chi connectivity index (χ2n) is 12.0. The average molecular weight is 485 g/mol. The summed E-state index contributed by atoms with van der Waals surface area (Å²) in [5.41, 5.74) is 9.13. The minimum atomic E-state index is 0. The number of hydrogen-bond acceptors (Lipinski definition) is 0. The molecule has 4 rings (SSSR count). The van der Waals surface area contributed by atoms with E-state index < -0.39 is 0 Å². The zero-order chi connectivity index (χ0) is 25.8. The third-order valence-corrected chi connectivity index (χ3v) is 5.90. The molecule has 1 aliphatic rings. The Labute approximate surface area is 223 Å². The summed E-state index contributed by atoms with van der Waals surface area (Å²) in [7, 11) is 0. The van der Waals surface area contributed by atoms with Gasteiger partial charge in [-0.2, -0.15) is 0 Å². The topological polar surface area (TPSA) is 0 Å². The smallest absolute Gasteiger partial charge is 0.00854 e. The zero-order valence-electron chi connectivity index (χ0n) is 23.6. The van der Waals surface area contributed by atoms with Crippen LogP contribution in [0.3, 0.4) is 0 Å². The molecule has 0 heterocycles. The van der Waals surface area contributed by atoms with Gasteiger partial charge in [0.2, 0.25) is 0 Å². The van der Waals surface area contributed by atoms with Crippen LogP contribution in [-0.4, -0.2) is 0 Å². The molecule has 0 saturated carbocycles. The summed E-state index contributed by atoms with van der Waals surface area (Å²) in [6.45, 7) is 18.0. The summed E-state index contributed by atoms with van der Waals surface area (Å²) in [6, 6.07) is 28.2. The van der Waals surface area contributed by atoms with Crippen molar-refractivity contribution in [1.29, 1.82) is 0 Å². The maximum atomic E-state index is 2.38. The van der Waals surface area contributed by atoms with E-state index in [0.717, 1.165) is 18.3 Å². The van der Waals surface area contributed by atoms with Crippen molar-refractivity contribution in [1.82, 2.24) is 0 Å². The van der Waals surface area contributed by atoms with Gasteiger partial charge in [0.1, 0.15) is 0 Å². The molecule has 0 amide bonds. The summed E-state index contributed by atoms with van der Waals surface area (Å²) >= 11 is 0. The number of aryl methyl sites for hydroxylation is 1. The number of fused-ring (bicyclic) bond motifs is 1. The summed E-state index contributed by atoms with van der Waals surface area (Å²) in [5.74, 6) is 1.53. The Hall–Kier alpha value is -2.60. The number of benzene rings is 3. The van der Waals surface area contributed by atoms with Gasteiger partial charge in [-0.25, -0.2) is 0 Å². The van der Waals surface area contributed by atoms with Crippen LogP contribution in [0.5, 0.6) is 0 Å². The standard InChI is InChI=1S/C14H18.C11H16.C10H14.CH4/c1-14(2,3)10-12-9-8-11-6-4-5-7-13(11)12;1-9(2)8-11-6-4-10(3)5-7-11;1-9(2)8-10-6-4-3-5-7-10;/h4-7,9H,8,10H2,1-3H3;4-7,9H,8H2,1-3H3;3-7,9H,8H2,1-2H3;1H4. The molecule has 0 aromatic heterocycles. The molecule has 0 unspecified atom stereocenters. The van der Waals surface area contributed by atoms with Crippen molar-refractivity contribution in [2.24, 2.45) is 17.3 Å². The predicted molar refractivity (Wildman–Crippen MR) is 164 cm³/mol. The highest BCUT2D eigenvalue weighted by atomic mass is 14.2. The fraction of sp³-hybridized carbons (Fsp3) is 0.444. The second kappa shape index (κ2) is 15.5. The van der Waals surface area contributed by atoms with Crippen molar-refractivity contribution in [2.45, 2.75) is 88.5 Å². The molecule has 0 fully saturated rings. The molecule has 0 radical (unpaired) electrons. The molecule has 0 saturated heterocycles. The van der Waals surface area contributed by atoms with Gasteiger partial charge in [0.15, 0.2) is 0 Å². The number of allylic oxidation sites excluding steroid dienone is 2. The third kappa shape index (κ3) is 12.4. The monoisotopic (exact) mass is 484 g/mol. The highest BCUT2D eigenvalue weighted by Gasteiger charge is 2.19. The SMILES string of the molecule is C.CC(C)(C)CC1=CCc2ccccc21.CC(C)Cc1ccccc1.Cc1ccc(CC(C)C)cc1. The van der Waals surface area contributed by atoms with E-state index in [1.54, 1.807) is 0 Å². The van der Waals surface area contributed by atoms with Gasteiger partial charge >= 0.3 is 0 Å². The van der Waals surface area contributed by atoms with Gasteiger partial charge in [0.05, 0.1) is 0 Å². The fourth-order valence-corrected chi connectivity index (χ4v) is 4.37. The molecule has 3 aromatic carbocycles. The van der Waals surface area contributed by atoms with Gasteiger partial charge in [-0.15, -0.1) is 0 Å². The lowest BCUT2D eigenvalue weighted by Crippen LogP contribution is -2.05. The van der Waals surface area contributed by atoms with E-state index >= 15 is 0 Å². The van der Waals surface area contributed by atoms with Crippen molar-refractivity contribution in [2.75, 3.05) is 0 Å². The van der Waals surface area contributed by atoms with E-state index in [1.807, 2.05) is 0 Å². The largest absolute Gasteiger partial charge is 0.0776 e. The van der Waals surface area contributed by atoms with E-state index in [9.17, 15) is 0 Å². The van der Waals surface area contributed by atoms with Crippen molar-refractivity contribution in [3.63, 3.8) is 0 Å². The Kier molecular flexibility index (Phi) is 13.5. The van der Waals surface area contributed by atoms with Crippen LogP contribution < -0.4 is 0 Å². The normalized spacial score (nSPS) is 12.0. The number of hydrogen-bond donors (Lipinski definition) is 0. The van der Waals surface area contributed by atoms with E-state index in [2.05, 4.69) is 140 Å². The van der Waals surface area contributed by atoms with E-state index in [-0.39, 0.29) is 7.43 Å². The predicted octanol–water partition coefficient (Wildman–Crippen LogP) is 10.8. The molecule has 0 N–H and O–H groups in total. The lowest BCUT2D eigenvalue weighted by Gasteiger charge is -2.19. The van der Waals surface area contributed by atoms with Gasteiger partial charge in [-0.05, 0) is 77.7 Å². The van der Waals surface area contributed by atoms with Gasteiger partial charge in [-0.1, -0.05) is 146 Å². The van der Waals surface area contributed by atoms with Crippen molar-refractivity contribution in [3.05, 3.63) is 113 Å². The van der Waals surface area contributed by atoms with Crippen LogP contribution in [0.4, 0.5) is 0 Å². The molecular weight excluding hydrogens is 432 g/mol.